The lowest BCUT2D eigenvalue weighted by Crippen LogP contribution is -2.53. The molecule has 0 spiro atoms. The zero-order chi connectivity index (χ0) is 19.5. The van der Waals surface area contributed by atoms with E-state index in [0.717, 1.165) is 25.0 Å². The molecular formula is C19H31N3O3S. The molecule has 1 saturated heterocycles. The van der Waals surface area contributed by atoms with E-state index in [1.54, 1.807) is 16.8 Å². The highest BCUT2D eigenvalue weighted by molar-refractivity contribution is 7.14. The Labute approximate surface area is 160 Å². The second-order valence-electron chi connectivity index (χ2n) is 7.95. The molecule has 2 heterocycles. The Hall–Kier alpha value is -1.63. The first kappa shape index (κ1) is 20.7. The largest absolute Gasteiger partial charge is 0.444 e. The topological polar surface area (TPSA) is 62.7 Å². The monoisotopic (exact) mass is 381 g/mol. The predicted molar refractivity (Wildman–Crippen MR) is 105 cm³/mol. The first-order chi connectivity index (χ1) is 12.1. The van der Waals surface area contributed by atoms with E-state index in [2.05, 4.69) is 18.8 Å². The second kappa shape index (κ2) is 8.37. The molecule has 0 bridgehead atoms. The van der Waals surface area contributed by atoms with Gasteiger partial charge in [0.2, 0.25) is 0 Å². The van der Waals surface area contributed by atoms with Crippen LogP contribution < -0.4 is 4.90 Å². The van der Waals surface area contributed by atoms with E-state index in [1.807, 2.05) is 26.2 Å². The molecule has 1 unspecified atom stereocenters. The summed E-state index contributed by atoms with van der Waals surface area (Å²) >= 11 is 1.47. The molecule has 1 aromatic rings. The van der Waals surface area contributed by atoms with E-state index in [-0.39, 0.29) is 5.91 Å². The Bertz CT molecular complexity index is 638. The third-order valence-electron chi connectivity index (χ3n) is 4.66. The van der Waals surface area contributed by atoms with Gasteiger partial charge in [-0.3, -0.25) is 14.6 Å². The zero-order valence-corrected chi connectivity index (χ0v) is 17.6. The highest BCUT2D eigenvalue weighted by Gasteiger charge is 2.37. The van der Waals surface area contributed by atoms with Crippen LogP contribution in [0.5, 0.6) is 0 Å². The molecule has 0 radical (unpaired) electrons. The normalized spacial score (nSPS) is 19.2. The minimum Gasteiger partial charge on any atom is -0.444 e. The Balaban J connectivity index is 2.14. The van der Waals surface area contributed by atoms with Gasteiger partial charge < -0.3 is 4.74 Å². The summed E-state index contributed by atoms with van der Waals surface area (Å²) in [7, 11) is 1.74. The van der Waals surface area contributed by atoms with Crippen molar-refractivity contribution in [3.63, 3.8) is 0 Å². The number of aromatic nitrogens is 1. The van der Waals surface area contributed by atoms with Crippen LogP contribution in [0.15, 0.2) is 5.38 Å². The maximum Gasteiger partial charge on any atom is 0.410 e. The zero-order valence-electron chi connectivity index (χ0n) is 16.7. The lowest BCUT2D eigenvalue weighted by molar-refractivity contribution is -0.124. The number of ether oxygens (including phenoxy) is 1. The van der Waals surface area contributed by atoms with Crippen LogP contribution in [0.25, 0.3) is 0 Å². The standard InChI is InChI=1S/C19H31N3O3S/c1-7-13(2)14-12-26-17(20-14)21(6)16(23)15-10-8-9-11-22(15)18(24)25-19(3,4)5/h12-13,15H,7-11H2,1-6H3/t13?,15-/m0/s1. The fourth-order valence-electron chi connectivity index (χ4n) is 2.91. The summed E-state index contributed by atoms with van der Waals surface area (Å²) in [5.41, 5.74) is 0.439. The van der Waals surface area contributed by atoms with Crippen molar-refractivity contribution in [1.82, 2.24) is 9.88 Å². The molecule has 0 N–H and O–H groups in total. The van der Waals surface area contributed by atoms with Crippen LogP contribution in [0.1, 0.15) is 71.9 Å². The van der Waals surface area contributed by atoms with Crippen molar-refractivity contribution < 1.29 is 14.3 Å². The summed E-state index contributed by atoms with van der Waals surface area (Å²) < 4.78 is 5.50. The number of hydrogen-bond donors (Lipinski definition) is 0. The third-order valence-corrected chi connectivity index (χ3v) is 5.60. The van der Waals surface area contributed by atoms with Gasteiger partial charge in [-0.25, -0.2) is 9.78 Å². The average molecular weight is 382 g/mol. The van der Waals surface area contributed by atoms with Gasteiger partial charge >= 0.3 is 6.09 Å². The molecule has 0 saturated carbocycles. The van der Waals surface area contributed by atoms with Gasteiger partial charge in [0.15, 0.2) is 5.13 Å². The summed E-state index contributed by atoms with van der Waals surface area (Å²) in [4.78, 5) is 33.4. The number of rotatable bonds is 4. The quantitative estimate of drug-likeness (QED) is 0.775. The second-order valence-corrected chi connectivity index (χ2v) is 8.78. The number of nitrogens with zero attached hydrogens (tertiary/aromatic N) is 3. The van der Waals surface area contributed by atoms with Gasteiger partial charge in [-0.15, -0.1) is 11.3 Å². The van der Waals surface area contributed by atoms with E-state index in [1.165, 1.54) is 11.3 Å². The predicted octanol–water partition coefficient (Wildman–Crippen LogP) is 4.41. The van der Waals surface area contributed by atoms with Crippen LogP contribution in [-0.4, -0.2) is 47.1 Å². The Kier molecular flexibility index (Phi) is 6.66. The molecule has 2 atom stereocenters. The lowest BCUT2D eigenvalue weighted by atomic mass is 10.0. The van der Waals surface area contributed by atoms with Gasteiger partial charge in [0.1, 0.15) is 11.6 Å². The molecule has 6 nitrogen and oxygen atoms in total. The Morgan fingerprint density at radius 1 is 1.42 bits per heavy atom. The molecule has 7 heteroatoms. The molecule has 2 rings (SSSR count). The van der Waals surface area contributed by atoms with Crippen LogP contribution in [0.3, 0.4) is 0 Å². The SMILES string of the molecule is CCC(C)c1csc(N(C)C(=O)[C@@H]2CCCCN2C(=O)OC(C)(C)C)n1. The number of anilines is 1. The van der Waals surface area contributed by atoms with Crippen molar-refractivity contribution in [2.45, 2.75) is 77.9 Å². The number of likely N-dealkylation sites (N-methyl/N-ethyl adjacent to an activating group) is 1. The summed E-state index contributed by atoms with van der Waals surface area (Å²) in [5.74, 6) is 0.275. The van der Waals surface area contributed by atoms with Crippen LogP contribution >= 0.6 is 11.3 Å². The average Bonchev–Trinajstić information content (AvgIpc) is 3.08. The minimum absolute atomic E-state index is 0.0967. The molecule has 0 aromatic carbocycles. The smallest absolute Gasteiger partial charge is 0.410 e. The molecule has 146 valence electrons. The molecule has 2 amide bonds. The molecule has 26 heavy (non-hydrogen) atoms. The van der Waals surface area contributed by atoms with Crippen LogP contribution in [0, 0.1) is 0 Å². The Morgan fingerprint density at radius 3 is 2.73 bits per heavy atom. The van der Waals surface area contributed by atoms with Crippen molar-refractivity contribution in [3.8, 4) is 0 Å². The molecular weight excluding hydrogens is 350 g/mol. The van der Waals surface area contributed by atoms with Crippen molar-refractivity contribution in [2.24, 2.45) is 0 Å². The fourth-order valence-corrected chi connectivity index (χ4v) is 3.83. The number of piperidine rings is 1. The summed E-state index contributed by atoms with van der Waals surface area (Å²) in [6.07, 6.45) is 3.08. The summed E-state index contributed by atoms with van der Waals surface area (Å²) in [6.45, 7) is 10.3. The van der Waals surface area contributed by atoms with Gasteiger partial charge in [0.25, 0.3) is 5.91 Å². The molecule has 1 fully saturated rings. The minimum atomic E-state index is -0.575. The van der Waals surface area contributed by atoms with E-state index in [4.69, 9.17) is 4.74 Å². The van der Waals surface area contributed by atoms with E-state index in [9.17, 15) is 9.59 Å². The van der Waals surface area contributed by atoms with E-state index >= 15 is 0 Å². The highest BCUT2D eigenvalue weighted by Crippen LogP contribution is 2.28. The number of amides is 2. The number of hydrogen-bond acceptors (Lipinski definition) is 5. The van der Waals surface area contributed by atoms with Crippen molar-refractivity contribution >= 4 is 28.5 Å². The van der Waals surface area contributed by atoms with Gasteiger partial charge in [-0.1, -0.05) is 13.8 Å². The summed E-state index contributed by atoms with van der Waals surface area (Å²) in [6, 6.07) is -0.487. The van der Waals surface area contributed by atoms with E-state index < -0.39 is 17.7 Å². The number of carbonyl (C=O) groups is 2. The van der Waals surface area contributed by atoms with Gasteiger partial charge in [-0.05, 0) is 52.4 Å². The summed E-state index contributed by atoms with van der Waals surface area (Å²) in [5, 5.41) is 2.69. The lowest BCUT2D eigenvalue weighted by Gasteiger charge is -2.37. The Morgan fingerprint density at radius 2 is 2.12 bits per heavy atom. The van der Waals surface area contributed by atoms with Gasteiger partial charge in [0.05, 0.1) is 5.69 Å². The number of thiazole rings is 1. The first-order valence-electron chi connectivity index (χ1n) is 9.36. The molecule has 0 aliphatic carbocycles. The number of carbonyl (C=O) groups excluding carboxylic acids is 2. The fraction of sp³-hybridized carbons (Fsp3) is 0.737. The third kappa shape index (κ3) is 4.96. The van der Waals surface area contributed by atoms with Gasteiger partial charge in [-0.2, -0.15) is 0 Å². The molecule has 1 aliphatic heterocycles. The highest BCUT2D eigenvalue weighted by atomic mass is 32.1. The maximum atomic E-state index is 13.1. The first-order valence-corrected chi connectivity index (χ1v) is 10.2. The van der Waals surface area contributed by atoms with E-state index in [0.29, 0.717) is 24.0 Å². The van der Waals surface area contributed by atoms with Crippen LogP contribution in [0.2, 0.25) is 0 Å². The van der Waals surface area contributed by atoms with Crippen molar-refractivity contribution in [3.05, 3.63) is 11.1 Å². The van der Waals surface area contributed by atoms with Crippen molar-refractivity contribution in [2.75, 3.05) is 18.5 Å². The number of likely N-dealkylation sites (tertiary alicyclic amines) is 1. The van der Waals surface area contributed by atoms with Crippen LogP contribution in [-0.2, 0) is 9.53 Å². The van der Waals surface area contributed by atoms with Gasteiger partial charge in [0, 0.05) is 19.0 Å². The van der Waals surface area contributed by atoms with Crippen LogP contribution in [0.4, 0.5) is 9.93 Å². The maximum absolute atomic E-state index is 13.1. The van der Waals surface area contributed by atoms with Crippen molar-refractivity contribution in [1.29, 1.82) is 0 Å². The molecule has 1 aromatic heterocycles. The molecule has 1 aliphatic rings.